The molecule has 0 aliphatic carbocycles. The molecule has 0 bridgehead atoms. The lowest BCUT2D eigenvalue weighted by Crippen LogP contribution is -2.39. The van der Waals surface area contributed by atoms with Crippen LogP contribution in [0.5, 0.6) is 0 Å². The quantitative estimate of drug-likeness (QED) is 0.773. The predicted octanol–water partition coefficient (Wildman–Crippen LogP) is 0.492. The van der Waals surface area contributed by atoms with Crippen molar-refractivity contribution in [3.05, 3.63) is 29.8 Å². The number of Topliss-reactive ketones (excluding diaryl/α,β-unsaturated/α-hetero) is 1. The Bertz CT molecular complexity index is 470. The summed E-state index contributed by atoms with van der Waals surface area (Å²) in [6.45, 7) is 3.15. The van der Waals surface area contributed by atoms with Crippen molar-refractivity contribution in [2.75, 3.05) is 38.2 Å². The van der Waals surface area contributed by atoms with E-state index >= 15 is 0 Å². The van der Waals surface area contributed by atoms with Crippen LogP contribution in [-0.2, 0) is 4.74 Å². The summed E-state index contributed by atoms with van der Waals surface area (Å²) in [5.74, 6) is -0.0324. The van der Waals surface area contributed by atoms with E-state index in [-0.39, 0.29) is 5.78 Å². The number of nitrogens with zero attached hydrogens (tertiary/aromatic N) is 1. The number of urea groups is 1. The Hall–Kier alpha value is -1.92. The summed E-state index contributed by atoms with van der Waals surface area (Å²) >= 11 is 0. The number of nitrogens with one attached hydrogen (secondary N) is 1. The zero-order valence-corrected chi connectivity index (χ0v) is 10.5. The number of ketones is 1. The molecule has 3 N–H and O–H groups in total. The van der Waals surface area contributed by atoms with E-state index in [2.05, 4.69) is 11.4 Å². The van der Waals surface area contributed by atoms with E-state index < -0.39 is 6.03 Å². The molecule has 6 heteroatoms. The number of nitrogens with two attached hydrogens (primary N) is 1. The van der Waals surface area contributed by atoms with Crippen molar-refractivity contribution in [2.45, 2.75) is 0 Å². The Morgan fingerprint density at radius 2 is 2.16 bits per heavy atom. The Kier molecular flexibility index (Phi) is 4.48. The molecule has 2 rings (SSSR count). The lowest BCUT2D eigenvalue weighted by molar-refractivity contribution is 0.0371. The van der Waals surface area contributed by atoms with Crippen LogP contribution in [0.15, 0.2) is 18.2 Å². The van der Waals surface area contributed by atoms with Gasteiger partial charge in [0, 0.05) is 24.3 Å². The molecule has 0 aromatic heterocycles. The molecule has 19 heavy (non-hydrogen) atoms. The maximum atomic E-state index is 12.1. The van der Waals surface area contributed by atoms with Gasteiger partial charge in [0.2, 0.25) is 0 Å². The van der Waals surface area contributed by atoms with E-state index in [0.29, 0.717) is 31.0 Å². The molecule has 1 aromatic carbocycles. The average molecular weight is 262 g/mol. The van der Waals surface area contributed by atoms with Crippen LogP contribution in [0.3, 0.4) is 0 Å². The molecular formula is C13H16N3O3. The molecule has 0 atom stereocenters. The largest absolute Gasteiger partial charge is 0.379 e. The number of hydrogen-bond donors (Lipinski definition) is 2. The fourth-order valence-electron chi connectivity index (χ4n) is 1.90. The molecule has 1 heterocycles. The van der Waals surface area contributed by atoms with Gasteiger partial charge in [-0.2, -0.15) is 0 Å². The minimum atomic E-state index is -0.655. The Balaban J connectivity index is 1.99. The second-order valence-corrected chi connectivity index (χ2v) is 4.29. The average Bonchev–Trinajstić information content (AvgIpc) is 2.39. The van der Waals surface area contributed by atoms with Gasteiger partial charge in [0.05, 0.1) is 19.8 Å². The van der Waals surface area contributed by atoms with Gasteiger partial charge in [0.25, 0.3) is 0 Å². The highest BCUT2D eigenvalue weighted by Gasteiger charge is 2.15. The molecule has 1 aliphatic heterocycles. The third kappa shape index (κ3) is 4.04. The molecule has 1 radical (unpaired) electrons. The van der Waals surface area contributed by atoms with Crippen molar-refractivity contribution in [1.29, 1.82) is 0 Å². The summed E-state index contributed by atoms with van der Waals surface area (Å²) in [5, 5.41) is 2.44. The number of carbonyl (C=O) groups is 2. The van der Waals surface area contributed by atoms with E-state index in [0.717, 1.165) is 13.1 Å². The van der Waals surface area contributed by atoms with Crippen LogP contribution in [0, 0.1) is 6.07 Å². The molecule has 1 fully saturated rings. The maximum Gasteiger partial charge on any atom is 0.316 e. The van der Waals surface area contributed by atoms with Gasteiger partial charge in [-0.05, 0) is 18.2 Å². The van der Waals surface area contributed by atoms with E-state index in [9.17, 15) is 9.59 Å². The van der Waals surface area contributed by atoms with E-state index in [1.807, 2.05) is 4.90 Å². The summed E-state index contributed by atoms with van der Waals surface area (Å²) < 4.78 is 5.23. The topological polar surface area (TPSA) is 84.7 Å². The third-order valence-electron chi connectivity index (χ3n) is 2.84. The van der Waals surface area contributed by atoms with Gasteiger partial charge in [-0.15, -0.1) is 0 Å². The van der Waals surface area contributed by atoms with Gasteiger partial charge in [-0.25, -0.2) is 4.79 Å². The van der Waals surface area contributed by atoms with Gasteiger partial charge < -0.3 is 15.8 Å². The Morgan fingerprint density at radius 3 is 2.84 bits per heavy atom. The lowest BCUT2D eigenvalue weighted by Gasteiger charge is -2.25. The molecule has 1 saturated heterocycles. The minimum absolute atomic E-state index is 0.0324. The van der Waals surface area contributed by atoms with Gasteiger partial charge in [0.15, 0.2) is 5.78 Å². The number of carbonyl (C=O) groups excluding carboxylic acids is 2. The second-order valence-electron chi connectivity index (χ2n) is 4.29. The fraction of sp³-hybridized carbons (Fsp3) is 0.385. The van der Waals surface area contributed by atoms with Gasteiger partial charge in [0.1, 0.15) is 0 Å². The number of anilines is 1. The van der Waals surface area contributed by atoms with Crippen LogP contribution in [-0.4, -0.2) is 49.6 Å². The highest BCUT2D eigenvalue weighted by Crippen LogP contribution is 2.11. The van der Waals surface area contributed by atoms with Crippen molar-refractivity contribution in [2.24, 2.45) is 5.73 Å². The molecule has 0 saturated carbocycles. The SMILES string of the molecule is NC(=O)Nc1cc[c]c(C(=O)CN2CCOCC2)c1. The highest BCUT2D eigenvalue weighted by atomic mass is 16.5. The zero-order valence-electron chi connectivity index (χ0n) is 10.5. The summed E-state index contributed by atoms with van der Waals surface area (Å²) in [5.41, 5.74) is 5.97. The molecule has 6 nitrogen and oxygen atoms in total. The van der Waals surface area contributed by atoms with E-state index in [1.165, 1.54) is 0 Å². The van der Waals surface area contributed by atoms with Gasteiger partial charge in [-0.3, -0.25) is 9.69 Å². The molecule has 0 unspecified atom stereocenters. The third-order valence-corrected chi connectivity index (χ3v) is 2.84. The van der Waals surface area contributed by atoms with Crippen LogP contribution >= 0.6 is 0 Å². The van der Waals surface area contributed by atoms with E-state index in [1.54, 1.807) is 18.2 Å². The first-order chi connectivity index (χ1) is 9.15. The van der Waals surface area contributed by atoms with Gasteiger partial charge in [-0.1, -0.05) is 6.07 Å². The number of rotatable bonds is 4. The number of primary amides is 1. The van der Waals surface area contributed by atoms with Crippen LogP contribution in [0.4, 0.5) is 10.5 Å². The summed E-state index contributed by atoms with van der Waals surface area (Å²) in [6.07, 6.45) is 0. The van der Waals surface area contributed by atoms with Crippen LogP contribution in [0.1, 0.15) is 10.4 Å². The molecular weight excluding hydrogens is 246 g/mol. The number of hydrogen-bond acceptors (Lipinski definition) is 4. The van der Waals surface area contributed by atoms with Crippen molar-refractivity contribution in [3.63, 3.8) is 0 Å². The zero-order chi connectivity index (χ0) is 13.7. The van der Waals surface area contributed by atoms with Crippen molar-refractivity contribution >= 4 is 17.5 Å². The number of benzene rings is 1. The Morgan fingerprint density at radius 1 is 1.42 bits per heavy atom. The monoisotopic (exact) mass is 262 g/mol. The predicted molar refractivity (Wildman–Crippen MR) is 70.1 cm³/mol. The highest BCUT2D eigenvalue weighted by molar-refractivity contribution is 5.99. The van der Waals surface area contributed by atoms with Crippen molar-refractivity contribution in [3.8, 4) is 0 Å². The molecule has 2 amide bonds. The first-order valence-electron chi connectivity index (χ1n) is 6.06. The number of morpholine rings is 1. The van der Waals surface area contributed by atoms with Crippen LogP contribution in [0.2, 0.25) is 0 Å². The van der Waals surface area contributed by atoms with Crippen LogP contribution < -0.4 is 11.1 Å². The Labute approximate surface area is 111 Å². The number of ether oxygens (including phenoxy) is 1. The lowest BCUT2D eigenvalue weighted by atomic mass is 10.1. The first kappa shape index (κ1) is 13.5. The fourth-order valence-corrected chi connectivity index (χ4v) is 1.90. The van der Waals surface area contributed by atoms with Gasteiger partial charge >= 0.3 is 6.03 Å². The molecule has 101 valence electrons. The smallest absolute Gasteiger partial charge is 0.316 e. The maximum absolute atomic E-state index is 12.1. The summed E-state index contributed by atoms with van der Waals surface area (Å²) in [6, 6.07) is 7.02. The number of amides is 2. The van der Waals surface area contributed by atoms with Crippen molar-refractivity contribution in [1.82, 2.24) is 4.90 Å². The normalized spacial score (nSPS) is 16.0. The molecule has 1 aromatic rings. The second kappa shape index (κ2) is 6.31. The molecule has 1 aliphatic rings. The summed E-state index contributed by atoms with van der Waals surface area (Å²) in [4.78, 5) is 24.9. The standard InChI is InChI=1S/C13H16N3O3/c14-13(18)15-11-3-1-2-10(8-11)12(17)9-16-4-6-19-7-5-16/h1,3,8H,4-7,9H2,(H3,14,15,18). The van der Waals surface area contributed by atoms with Crippen molar-refractivity contribution < 1.29 is 14.3 Å². The minimum Gasteiger partial charge on any atom is -0.379 e. The first-order valence-corrected chi connectivity index (χ1v) is 6.06. The van der Waals surface area contributed by atoms with Crippen LogP contribution in [0.25, 0.3) is 0 Å². The summed E-state index contributed by atoms with van der Waals surface area (Å²) in [7, 11) is 0. The van der Waals surface area contributed by atoms with E-state index in [4.69, 9.17) is 10.5 Å². The molecule has 0 spiro atoms.